The van der Waals surface area contributed by atoms with Crippen LogP contribution in [0.1, 0.15) is 34.9 Å². The molecule has 1 aliphatic carbocycles. The van der Waals surface area contributed by atoms with Gasteiger partial charge in [-0.3, -0.25) is 4.98 Å². The zero-order chi connectivity index (χ0) is 14.4. The van der Waals surface area contributed by atoms with Gasteiger partial charge in [0.25, 0.3) is 0 Å². The van der Waals surface area contributed by atoms with Crippen LogP contribution in [0.3, 0.4) is 0 Å². The van der Waals surface area contributed by atoms with E-state index in [0.29, 0.717) is 22.6 Å². The monoisotopic (exact) mass is 295 g/mol. The summed E-state index contributed by atoms with van der Waals surface area (Å²) in [5, 5.41) is 13.6. The summed E-state index contributed by atoms with van der Waals surface area (Å²) in [6.45, 7) is 0. The highest BCUT2D eigenvalue weighted by molar-refractivity contribution is 6.29. The van der Waals surface area contributed by atoms with Gasteiger partial charge in [0.15, 0.2) is 5.65 Å². The molecular formula is C15H10ClN5. The molecule has 0 amide bonds. The predicted octanol–water partition coefficient (Wildman–Crippen LogP) is 2.92. The molecule has 0 N–H and O–H groups in total. The first-order valence-corrected chi connectivity index (χ1v) is 6.99. The SMILES string of the molecule is N#Cc1cncc([C@H]2C[C@@H]2c2cc(Cl)nn3ccnc23)c1. The molecule has 3 heterocycles. The zero-order valence-electron chi connectivity index (χ0n) is 10.9. The predicted molar refractivity (Wildman–Crippen MR) is 77.0 cm³/mol. The van der Waals surface area contributed by atoms with Gasteiger partial charge in [0, 0.05) is 30.4 Å². The van der Waals surface area contributed by atoms with E-state index < -0.39 is 0 Å². The number of aromatic nitrogens is 4. The molecule has 0 bridgehead atoms. The topological polar surface area (TPSA) is 66.9 Å². The van der Waals surface area contributed by atoms with Crippen molar-refractivity contribution in [3.8, 4) is 6.07 Å². The largest absolute Gasteiger partial charge is 0.263 e. The number of halogens is 1. The second-order valence-electron chi connectivity index (χ2n) is 5.19. The van der Waals surface area contributed by atoms with Crippen LogP contribution in [0.25, 0.3) is 5.65 Å². The van der Waals surface area contributed by atoms with Gasteiger partial charge in [0.05, 0.1) is 5.56 Å². The quantitative estimate of drug-likeness (QED) is 0.729. The van der Waals surface area contributed by atoms with Crippen molar-refractivity contribution < 1.29 is 0 Å². The summed E-state index contributed by atoms with van der Waals surface area (Å²) in [6, 6.07) is 5.92. The molecular weight excluding hydrogens is 286 g/mol. The van der Waals surface area contributed by atoms with Gasteiger partial charge in [-0.2, -0.15) is 10.4 Å². The van der Waals surface area contributed by atoms with E-state index in [9.17, 15) is 0 Å². The summed E-state index contributed by atoms with van der Waals surface area (Å²) in [4.78, 5) is 8.49. The highest BCUT2D eigenvalue weighted by atomic mass is 35.5. The van der Waals surface area contributed by atoms with E-state index in [1.165, 1.54) is 0 Å². The first-order valence-electron chi connectivity index (χ1n) is 6.61. The number of fused-ring (bicyclic) bond motifs is 1. The Morgan fingerprint density at radius 2 is 2.19 bits per heavy atom. The number of nitriles is 1. The lowest BCUT2D eigenvalue weighted by Crippen LogP contribution is -1.97. The lowest BCUT2D eigenvalue weighted by Gasteiger charge is -2.04. The minimum Gasteiger partial charge on any atom is -0.263 e. The zero-order valence-corrected chi connectivity index (χ0v) is 11.7. The van der Waals surface area contributed by atoms with Gasteiger partial charge in [-0.1, -0.05) is 11.6 Å². The summed E-state index contributed by atoms with van der Waals surface area (Å²) in [5.41, 5.74) is 3.64. The molecule has 5 nitrogen and oxygen atoms in total. The molecule has 0 saturated heterocycles. The number of hydrogen-bond donors (Lipinski definition) is 0. The van der Waals surface area contributed by atoms with Crippen LogP contribution in [-0.4, -0.2) is 19.6 Å². The molecule has 1 saturated carbocycles. The molecule has 1 aliphatic rings. The average molecular weight is 296 g/mol. The van der Waals surface area contributed by atoms with Gasteiger partial charge in [0.2, 0.25) is 0 Å². The fourth-order valence-corrected chi connectivity index (χ4v) is 3.01. The van der Waals surface area contributed by atoms with Crippen LogP contribution < -0.4 is 0 Å². The van der Waals surface area contributed by atoms with Gasteiger partial charge >= 0.3 is 0 Å². The van der Waals surface area contributed by atoms with Gasteiger partial charge < -0.3 is 0 Å². The molecule has 2 atom stereocenters. The van der Waals surface area contributed by atoms with Crippen molar-refractivity contribution >= 4 is 17.2 Å². The van der Waals surface area contributed by atoms with Crippen molar-refractivity contribution in [2.24, 2.45) is 0 Å². The van der Waals surface area contributed by atoms with Crippen molar-refractivity contribution in [1.29, 1.82) is 5.26 Å². The van der Waals surface area contributed by atoms with Crippen molar-refractivity contribution in [3.63, 3.8) is 0 Å². The molecule has 4 rings (SSSR count). The van der Waals surface area contributed by atoms with Crippen LogP contribution in [0.15, 0.2) is 36.9 Å². The fraction of sp³-hybridized carbons (Fsp3) is 0.200. The number of imidazole rings is 1. The first kappa shape index (κ1) is 12.3. The maximum Gasteiger partial charge on any atom is 0.157 e. The Balaban J connectivity index is 1.72. The summed E-state index contributed by atoms with van der Waals surface area (Å²) in [7, 11) is 0. The lowest BCUT2D eigenvalue weighted by atomic mass is 10.1. The highest BCUT2D eigenvalue weighted by Gasteiger charge is 2.41. The number of nitrogens with zero attached hydrogens (tertiary/aromatic N) is 5. The first-order chi connectivity index (χ1) is 10.3. The van der Waals surface area contributed by atoms with E-state index in [2.05, 4.69) is 21.1 Å². The smallest absolute Gasteiger partial charge is 0.157 e. The summed E-state index contributed by atoms with van der Waals surface area (Å²) >= 11 is 6.08. The van der Waals surface area contributed by atoms with E-state index >= 15 is 0 Å². The number of pyridine rings is 1. The Hall–Kier alpha value is -2.45. The van der Waals surface area contributed by atoms with Crippen molar-refractivity contribution in [3.05, 3.63) is 58.8 Å². The minimum absolute atomic E-state index is 0.353. The second kappa shape index (κ2) is 4.54. The van der Waals surface area contributed by atoms with Crippen molar-refractivity contribution in [2.75, 3.05) is 0 Å². The van der Waals surface area contributed by atoms with Crippen LogP contribution in [-0.2, 0) is 0 Å². The molecule has 1 fully saturated rings. The molecule has 21 heavy (non-hydrogen) atoms. The molecule has 0 spiro atoms. The number of hydrogen-bond acceptors (Lipinski definition) is 4. The molecule has 0 aromatic carbocycles. The molecule has 0 radical (unpaired) electrons. The second-order valence-corrected chi connectivity index (χ2v) is 5.57. The third-order valence-electron chi connectivity index (χ3n) is 3.86. The lowest BCUT2D eigenvalue weighted by molar-refractivity contribution is 0.905. The van der Waals surface area contributed by atoms with Crippen LogP contribution in [0, 0.1) is 11.3 Å². The molecule has 6 heteroatoms. The van der Waals surface area contributed by atoms with E-state index in [1.54, 1.807) is 23.1 Å². The van der Waals surface area contributed by atoms with Crippen LogP contribution in [0.2, 0.25) is 5.15 Å². The van der Waals surface area contributed by atoms with Crippen molar-refractivity contribution in [2.45, 2.75) is 18.3 Å². The van der Waals surface area contributed by atoms with E-state index in [0.717, 1.165) is 23.2 Å². The average Bonchev–Trinajstić information content (AvgIpc) is 3.17. The van der Waals surface area contributed by atoms with Gasteiger partial charge in [0.1, 0.15) is 11.2 Å². The molecule has 102 valence electrons. The molecule has 3 aromatic heterocycles. The van der Waals surface area contributed by atoms with Crippen LogP contribution in [0.4, 0.5) is 0 Å². The molecule has 0 aliphatic heterocycles. The van der Waals surface area contributed by atoms with Crippen LogP contribution in [0.5, 0.6) is 0 Å². The Morgan fingerprint density at radius 1 is 1.29 bits per heavy atom. The maximum absolute atomic E-state index is 8.97. The Kier molecular flexibility index (Phi) is 2.66. The summed E-state index contributed by atoms with van der Waals surface area (Å²) in [6.07, 6.45) is 7.94. The van der Waals surface area contributed by atoms with Crippen molar-refractivity contribution in [1.82, 2.24) is 19.6 Å². The fourth-order valence-electron chi connectivity index (χ4n) is 2.81. The summed E-state index contributed by atoms with van der Waals surface area (Å²) < 4.78 is 1.71. The van der Waals surface area contributed by atoms with Gasteiger partial charge in [-0.15, -0.1) is 0 Å². The Labute approximate surface area is 125 Å². The Morgan fingerprint density at radius 3 is 3.05 bits per heavy atom. The van der Waals surface area contributed by atoms with E-state index in [4.69, 9.17) is 16.9 Å². The standard InChI is InChI=1S/C15H10ClN5/c16-14-5-13(15-19-1-2-21(15)20-14)12-4-11(12)10-3-9(6-17)7-18-8-10/h1-3,5,7-8,11-12H,4H2/t11-,12+/m1/s1. The third-order valence-corrected chi connectivity index (χ3v) is 4.05. The summed E-state index contributed by atoms with van der Waals surface area (Å²) in [5.74, 6) is 0.718. The van der Waals surface area contributed by atoms with Gasteiger partial charge in [-0.05, 0) is 36.0 Å². The van der Waals surface area contributed by atoms with Gasteiger partial charge in [-0.25, -0.2) is 9.50 Å². The third kappa shape index (κ3) is 2.05. The molecule has 0 unspecified atom stereocenters. The normalized spacial score (nSPS) is 20.4. The highest BCUT2D eigenvalue weighted by Crippen LogP contribution is 2.55. The van der Waals surface area contributed by atoms with E-state index in [-0.39, 0.29) is 0 Å². The minimum atomic E-state index is 0.353. The maximum atomic E-state index is 8.97. The Bertz CT molecular complexity index is 879. The molecule has 3 aromatic rings. The van der Waals surface area contributed by atoms with E-state index in [1.807, 2.05) is 18.3 Å². The van der Waals surface area contributed by atoms with Crippen LogP contribution >= 0.6 is 11.6 Å². The number of rotatable bonds is 2.